The molecule has 4 rings (SSSR count). The number of carbonyl (C=O) groups excluding carboxylic acids is 2. The molecule has 29 heavy (non-hydrogen) atoms. The summed E-state index contributed by atoms with van der Waals surface area (Å²) in [5, 5.41) is 12.1. The molecule has 2 aliphatic rings. The van der Waals surface area contributed by atoms with Crippen molar-refractivity contribution in [3.8, 4) is 6.07 Å². The molecular formula is C21H23N5O3. The van der Waals surface area contributed by atoms with Gasteiger partial charge in [0.25, 0.3) is 5.91 Å². The van der Waals surface area contributed by atoms with Crippen LogP contribution in [0.5, 0.6) is 0 Å². The molecule has 2 aromatic rings. The molecule has 2 aliphatic heterocycles. The average Bonchev–Trinajstić information content (AvgIpc) is 3.25. The van der Waals surface area contributed by atoms with Crippen molar-refractivity contribution in [1.82, 2.24) is 19.8 Å². The second kappa shape index (κ2) is 8.45. The molecule has 1 saturated heterocycles. The normalized spacial score (nSPS) is 19.3. The van der Waals surface area contributed by atoms with Crippen molar-refractivity contribution in [3.05, 3.63) is 53.6 Å². The Kier molecular flexibility index (Phi) is 5.58. The highest BCUT2D eigenvalue weighted by molar-refractivity contribution is 5.95. The third kappa shape index (κ3) is 4.15. The number of benzene rings is 1. The maximum absolute atomic E-state index is 13.0. The van der Waals surface area contributed by atoms with Crippen LogP contribution in [0, 0.1) is 17.2 Å². The van der Waals surface area contributed by atoms with E-state index >= 15 is 0 Å². The van der Waals surface area contributed by atoms with Gasteiger partial charge in [0.15, 0.2) is 0 Å². The standard InChI is InChI=1S/C21H23N5O3/c22-9-16-2-1-3-17(8-16)21(28)25-12-18-11-23-14-26(18)19(13-25)20(27)24-10-15-4-6-29-7-5-15/h1-3,8,11,14-15,19H,4-7,10,12-13H2,(H,24,27)/t19-/m0/s1. The first kappa shape index (κ1) is 19.2. The predicted molar refractivity (Wildman–Crippen MR) is 104 cm³/mol. The Bertz CT molecular complexity index is 942. The van der Waals surface area contributed by atoms with E-state index in [1.165, 1.54) is 0 Å². The molecular weight excluding hydrogens is 370 g/mol. The van der Waals surface area contributed by atoms with Crippen molar-refractivity contribution in [1.29, 1.82) is 5.26 Å². The number of aromatic nitrogens is 2. The van der Waals surface area contributed by atoms with Gasteiger partial charge in [-0.25, -0.2) is 4.98 Å². The highest BCUT2D eigenvalue weighted by Gasteiger charge is 2.33. The van der Waals surface area contributed by atoms with Crippen LogP contribution < -0.4 is 5.32 Å². The van der Waals surface area contributed by atoms with Crippen molar-refractivity contribution in [2.45, 2.75) is 25.4 Å². The number of hydrogen-bond acceptors (Lipinski definition) is 5. The predicted octanol–water partition coefficient (Wildman–Crippen LogP) is 1.49. The number of rotatable bonds is 4. The molecule has 0 radical (unpaired) electrons. The molecule has 1 aromatic heterocycles. The van der Waals surface area contributed by atoms with Gasteiger partial charge in [0.05, 0.1) is 36.7 Å². The van der Waals surface area contributed by atoms with Crippen molar-refractivity contribution in [2.24, 2.45) is 5.92 Å². The summed E-state index contributed by atoms with van der Waals surface area (Å²) in [5.74, 6) is 0.112. The van der Waals surface area contributed by atoms with E-state index in [-0.39, 0.29) is 18.4 Å². The molecule has 2 amide bonds. The molecule has 1 aromatic carbocycles. The molecule has 1 N–H and O–H groups in total. The van der Waals surface area contributed by atoms with Gasteiger partial charge in [0.1, 0.15) is 6.04 Å². The Hall–Kier alpha value is -3.18. The molecule has 1 fully saturated rings. The lowest BCUT2D eigenvalue weighted by Crippen LogP contribution is -2.47. The summed E-state index contributed by atoms with van der Waals surface area (Å²) in [5.41, 5.74) is 1.69. The highest BCUT2D eigenvalue weighted by Crippen LogP contribution is 2.23. The van der Waals surface area contributed by atoms with Crippen LogP contribution in [-0.2, 0) is 16.1 Å². The lowest BCUT2D eigenvalue weighted by molar-refractivity contribution is -0.125. The van der Waals surface area contributed by atoms with Gasteiger partial charge in [-0.1, -0.05) is 6.07 Å². The second-order valence-corrected chi connectivity index (χ2v) is 7.49. The fourth-order valence-electron chi connectivity index (χ4n) is 3.87. The minimum Gasteiger partial charge on any atom is -0.381 e. The van der Waals surface area contributed by atoms with Gasteiger partial charge in [0.2, 0.25) is 5.91 Å². The molecule has 0 saturated carbocycles. The van der Waals surface area contributed by atoms with E-state index < -0.39 is 6.04 Å². The van der Waals surface area contributed by atoms with Crippen molar-refractivity contribution < 1.29 is 14.3 Å². The number of amides is 2. The summed E-state index contributed by atoms with van der Waals surface area (Å²) in [7, 11) is 0. The zero-order chi connectivity index (χ0) is 20.2. The fraction of sp³-hybridized carbons (Fsp3) is 0.429. The summed E-state index contributed by atoms with van der Waals surface area (Å²) >= 11 is 0. The monoisotopic (exact) mass is 393 g/mol. The maximum atomic E-state index is 13.0. The van der Waals surface area contributed by atoms with Crippen LogP contribution in [0.15, 0.2) is 36.8 Å². The van der Waals surface area contributed by atoms with E-state index in [2.05, 4.69) is 16.4 Å². The molecule has 3 heterocycles. The first-order chi connectivity index (χ1) is 14.2. The molecule has 8 heteroatoms. The van der Waals surface area contributed by atoms with Crippen LogP contribution in [-0.4, -0.2) is 52.6 Å². The minimum absolute atomic E-state index is 0.112. The summed E-state index contributed by atoms with van der Waals surface area (Å²) in [6, 6.07) is 8.15. The van der Waals surface area contributed by atoms with E-state index in [9.17, 15) is 9.59 Å². The van der Waals surface area contributed by atoms with E-state index in [4.69, 9.17) is 10.00 Å². The zero-order valence-electron chi connectivity index (χ0n) is 16.1. The lowest BCUT2D eigenvalue weighted by atomic mass is 10.0. The molecule has 0 bridgehead atoms. The Balaban J connectivity index is 1.48. The van der Waals surface area contributed by atoms with Gasteiger partial charge < -0.3 is 19.5 Å². The van der Waals surface area contributed by atoms with Crippen LogP contribution in [0.25, 0.3) is 0 Å². The number of ether oxygens (including phenoxy) is 1. The second-order valence-electron chi connectivity index (χ2n) is 7.49. The first-order valence-corrected chi connectivity index (χ1v) is 9.81. The summed E-state index contributed by atoms with van der Waals surface area (Å²) in [6.07, 6.45) is 5.22. The number of nitrogens with one attached hydrogen (secondary N) is 1. The Morgan fingerprint density at radius 3 is 2.93 bits per heavy atom. The van der Waals surface area contributed by atoms with E-state index in [0.29, 0.717) is 30.1 Å². The third-order valence-corrected chi connectivity index (χ3v) is 5.56. The van der Waals surface area contributed by atoms with E-state index in [0.717, 1.165) is 31.7 Å². The molecule has 150 valence electrons. The average molecular weight is 393 g/mol. The topological polar surface area (TPSA) is 100 Å². The number of nitrogens with zero attached hydrogens (tertiary/aromatic N) is 4. The van der Waals surface area contributed by atoms with Gasteiger partial charge in [0, 0.05) is 31.5 Å². The number of fused-ring (bicyclic) bond motifs is 1. The zero-order valence-corrected chi connectivity index (χ0v) is 16.1. The summed E-state index contributed by atoms with van der Waals surface area (Å²) < 4.78 is 7.21. The summed E-state index contributed by atoms with van der Waals surface area (Å²) in [6.45, 7) is 2.72. The quantitative estimate of drug-likeness (QED) is 0.848. The number of hydrogen-bond donors (Lipinski definition) is 1. The fourth-order valence-corrected chi connectivity index (χ4v) is 3.87. The van der Waals surface area contributed by atoms with Crippen molar-refractivity contribution in [3.63, 3.8) is 0 Å². The SMILES string of the molecule is N#Cc1cccc(C(=O)N2Cc3cncn3[C@H](C(=O)NCC3CCOCC3)C2)c1. The van der Waals surface area contributed by atoms with Crippen molar-refractivity contribution >= 4 is 11.8 Å². The van der Waals surface area contributed by atoms with Crippen molar-refractivity contribution in [2.75, 3.05) is 26.3 Å². The maximum Gasteiger partial charge on any atom is 0.254 e. The molecule has 0 spiro atoms. The number of imidazole rings is 1. The van der Waals surface area contributed by atoms with Gasteiger partial charge >= 0.3 is 0 Å². The van der Waals surface area contributed by atoms with Crippen LogP contribution >= 0.6 is 0 Å². The Morgan fingerprint density at radius 1 is 1.31 bits per heavy atom. The van der Waals surface area contributed by atoms with Crippen LogP contribution in [0.4, 0.5) is 0 Å². The first-order valence-electron chi connectivity index (χ1n) is 9.81. The van der Waals surface area contributed by atoms with E-state index in [1.54, 1.807) is 41.7 Å². The summed E-state index contributed by atoms with van der Waals surface area (Å²) in [4.78, 5) is 31.8. The highest BCUT2D eigenvalue weighted by atomic mass is 16.5. The van der Waals surface area contributed by atoms with Gasteiger partial charge in [-0.15, -0.1) is 0 Å². The van der Waals surface area contributed by atoms with E-state index in [1.807, 2.05) is 4.57 Å². The lowest BCUT2D eigenvalue weighted by Gasteiger charge is -2.34. The van der Waals surface area contributed by atoms with Gasteiger partial charge in [-0.2, -0.15) is 5.26 Å². The molecule has 0 aliphatic carbocycles. The Labute approximate surface area is 169 Å². The van der Waals surface area contributed by atoms with Gasteiger partial charge in [-0.3, -0.25) is 9.59 Å². The number of carbonyl (C=O) groups is 2. The van der Waals surface area contributed by atoms with Gasteiger partial charge in [-0.05, 0) is 37.0 Å². The minimum atomic E-state index is -0.524. The van der Waals surface area contributed by atoms with Crippen LogP contribution in [0.3, 0.4) is 0 Å². The molecule has 0 unspecified atom stereocenters. The molecule has 1 atom stereocenters. The smallest absolute Gasteiger partial charge is 0.254 e. The third-order valence-electron chi connectivity index (χ3n) is 5.56. The molecule has 8 nitrogen and oxygen atoms in total. The Morgan fingerprint density at radius 2 is 2.14 bits per heavy atom. The van der Waals surface area contributed by atoms with Crippen LogP contribution in [0.2, 0.25) is 0 Å². The number of nitriles is 1. The van der Waals surface area contributed by atoms with Crippen LogP contribution in [0.1, 0.15) is 40.5 Å². The largest absolute Gasteiger partial charge is 0.381 e.